The van der Waals surface area contributed by atoms with Gasteiger partial charge in [-0.3, -0.25) is 14.5 Å². The van der Waals surface area contributed by atoms with E-state index in [1.807, 2.05) is 0 Å². The lowest BCUT2D eigenvalue weighted by Crippen LogP contribution is -2.42. The van der Waals surface area contributed by atoms with E-state index >= 15 is 0 Å². The van der Waals surface area contributed by atoms with Crippen LogP contribution in [0.2, 0.25) is 5.02 Å². The Balaban J connectivity index is 2.19. The number of benzene rings is 1. The third-order valence-corrected chi connectivity index (χ3v) is 3.66. The Labute approximate surface area is 139 Å². The molecule has 0 unspecified atom stereocenters. The molecule has 1 aliphatic heterocycles. The zero-order valence-electron chi connectivity index (χ0n) is 13.5. The summed E-state index contributed by atoms with van der Waals surface area (Å²) >= 11 is 5.84. The Morgan fingerprint density at radius 1 is 1.26 bits per heavy atom. The van der Waals surface area contributed by atoms with Crippen LogP contribution in [0.5, 0.6) is 0 Å². The van der Waals surface area contributed by atoms with Gasteiger partial charge in [-0.2, -0.15) is 0 Å². The molecule has 23 heavy (non-hydrogen) atoms. The maximum Gasteiger partial charge on any atom is 0.326 e. The number of hydrogen-bond acceptors (Lipinski definition) is 4. The Kier molecular flexibility index (Phi) is 4.39. The van der Waals surface area contributed by atoms with Crippen molar-refractivity contribution in [3.63, 3.8) is 0 Å². The molecule has 3 amide bonds. The number of nitrogens with one attached hydrogen (secondary N) is 1. The third-order valence-electron chi connectivity index (χ3n) is 3.40. The predicted octanol–water partition coefficient (Wildman–Crippen LogP) is 2.45. The number of ether oxygens (including phenoxy) is 1. The van der Waals surface area contributed by atoms with Crippen molar-refractivity contribution in [2.75, 3.05) is 6.54 Å². The monoisotopic (exact) mass is 338 g/mol. The SMILES string of the molecule is CC(C)(C)OC(=O)CN1C(=O)N[C@@](C)(c2ccc(Cl)cc2)C1=O. The van der Waals surface area contributed by atoms with Crippen molar-refractivity contribution < 1.29 is 19.1 Å². The molecule has 0 radical (unpaired) electrons. The van der Waals surface area contributed by atoms with Crippen LogP contribution in [0.15, 0.2) is 24.3 Å². The van der Waals surface area contributed by atoms with Crippen LogP contribution in [0, 0.1) is 0 Å². The summed E-state index contributed by atoms with van der Waals surface area (Å²) in [4.78, 5) is 37.5. The number of halogens is 1. The van der Waals surface area contributed by atoms with Crippen molar-refractivity contribution in [3.05, 3.63) is 34.9 Å². The number of hydrogen-bond donors (Lipinski definition) is 1. The molecule has 1 fully saturated rings. The van der Waals surface area contributed by atoms with Crippen LogP contribution in [0.25, 0.3) is 0 Å². The van der Waals surface area contributed by atoms with E-state index in [0.717, 1.165) is 4.90 Å². The second kappa shape index (κ2) is 5.85. The molecule has 6 nitrogen and oxygen atoms in total. The Morgan fingerprint density at radius 2 is 1.83 bits per heavy atom. The van der Waals surface area contributed by atoms with Crippen molar-refractivity contribution in [2.24, 2.45) is 0 Å². The van der Waals surface area contributed by atoms with Crippen molar-refractivity contribution in [3.8, 4) is 0 Å². The molecule has 0 spiro atoms. The maximum absolute atomic E-state index is 12.6. The van der Waals surface area contributed by atoms with E-state index in [1.54, 1.807) is 52.0 Å². The van der Waals surface area contributed by atoms with Gasteiger partial charge in [0.2, 0.25) is 0 Å². The molecule has 2 rings (SSSR count). The Hall–Kier alpha value is -2.08. The van der Waals surface area contributed by atoms with Gasteiger partial charge in [0.15, 0.2) is 0 Å². The van der Waals surface area contributed by atoms with Gasteiger partial charge < -0.3 is 10.1 Å². The van der Waals surface area contributed by atoms with Gasteiger partial charge in [-0.25, -0.2) is 4.79 Å². The van der Waals surface area contributed by atoms with Crippen molar-refractivity contribution in [1.29, 1.82) is 0 Å². The third kappa shape index (κ3) is 3.64. The second-order valence-corrected chi connectivity index (χ2v) is 6.98. The smallest absolute Gasteiger partial charge is 0.326 e. The summed E-state index contributed by atoms with van der Waals surface area (Å²) in [5.74, 6) is -1.14. The van der Waals surface area contributed by atoms with Crippen LogP contribution in [0.4, 0.5) is 4.79 Å². The van der Waals surface area contributed by atoms with Crippen molar-refractivity contribution in [1.82, 2.24) is 10.2 Å². The molecule has 1 saturated heterocycles. The van der Waals surface area contributed by atoms with Crippen LogP contribution in [0.3, 0.4) is 0 Å². The Morgan fingerprint density at radius 3 is 2.35 bits per heavy atom. The number of nitrogens with zero attached hydrogens (tertiary/aromatic N) is 1. The number of imide groups is 1. The van der Waals surface area contributed by atoms with Crippen LogP contribution < -0.4 is 5.32 Å². The van der Waals surface area contributed by atoms with Gasteiger partial charge >= 0.3 is 12.0 Å². The number of carbonyl (C=O) groups is 3. The lowest BCUT2D eigenvalue weighted by Gasteiger charge is -2.23. The van der Waals surface area contributed by atoms with Gasteiger partial charge in [0.05, 0.1) is 0 Å². The zero-order chi connectivity index (χ0) is 17.4. The first-order valence-corrected chi connectivity index (χ1v) is 7.53. The standard InChI is InChI=1S/C16H19ClN2O4/c1-15(2,3)23-12(20)9-19-13(21)16(4,18-14(19)22)10-5-7-11(17)8-6-10/h5-8H,9H2,1-4H3,(H,18,22)/t16-/m0/s1. The fraction of sp³-hybridized carbons (Fsp3) is 0.438. The highest BCUT2D eigenvalue weighted by Gasteiger charge is 2.49. The van der Waals surface area contributed by atoms with E-state index in [9.17, 15) is 14.4 Å². The second-order valence-electron chi connectivity index (χ2n) is 6.54. The summed E-state index contributed by atoms with van der Waals surface area (Å²) < 4.78 is 5.16. The lowest BCUT2D eigenvalue weighted by molar-refractivity contribution is -0.157. The van der Waals surface area contributed by atoms with Crippen molar-refractivity contribution >= 4 is 29.5 Å². The molecule has 0 aliphatic carbocycles. The molecule has 1 aromatic carbocycles. The minimum atomic E-state index is -1.23. The predicted molar refractivity (Wildman–Crippen MR) is 84.9 cm³/mol. The molecular weight excluding hydrogens is 320 g/mol. The van der Waals surface area contributed by atoms with E-state index in [1.165, 1.54) is 0 Å². The fourth-order valence-corrected chi connectivity index (χ4v) is 2.45. The molecule has 124 valence electrons. The molecule has 7 heteroatoms. The van der Waals surface area contributed by atoms with Crippen molar-refractivity contribution in [2.45, 2.75) is 38.8 Å². The molecule has 0 bridgehead atoms. The topological polar surface area (TPSA) is 75.7 Å². The summed E-state index contributed by atoms with van der Waals surface area (Å²) in [6.45, 7) is 6.31. The molecule has 1 heterocycles. The molecule has 1 atom stereocenters. The number of carbonyl (C=O) groups excluding carboxylic acids is 3. The molecule has 1 N–H and O–H groups in total. The number of esters is 1. The van der Waals surface area contributed by atoms with Crippen LogP contribution in [0.1, 0.15) is 33.3 Å². The first-order valence-electron chi connectivity index (χ1n) is 7.15. The Bertz CT molecular complexity index is 651. The van der Waals surface area contributed by atoms with E-state index < -0.39 is 35.6 Å². The van der Waals surface area contributed by atoms with E-state index in [0.29, 0.717) is 10.6 Å². The summed E-state index contributed by atoms with van der Waals surface area (Å²) in [5, 5.41) is 3.15. The normalized spacial score (nSPS) is 21.3. The number of rotatable bonds is 3. The molecule has 1 aliphatic rings. The van der Waals surface area contributed by atoms with E-state index in [4.69, 9.17) is 16.3 Å². The summed E-state index contributed by atoms with van der Waals surface area (Å²) in [6, 6.07) is 5.98. The summed E-state index contributed by atoms with van der Waals surface area (Å²) in [7, 11) is 0. The van der Waals surface area contributed by atoms with Crippen LogP contribution in [-0.4, -0.2) is 35.0 Å². The minimum Gasteiger partial charge on any atom is -0.459 e. The fourth-order valence-electron chi connectivity index (χ4n) is 2.32. The average molecular weight is 339 g/mol. The highest BCUT2D eigenvalue weighted by Crippen LogP contribution is 2.29. The number of urea groups is 1. The average Bonchev–Trinajstić information content (AvgIpc) is 2.62. The number of amides is 3. The van der Waals surface area contributed by atoms with Gasteiger partial charge in [-0.1, -0.05) is 23.7 Å². The highest BCUT2D eigenvalue weighted by atomic mass is 35.5. The molecule has 0 saturated carbocycles. The lowest BCUT2D eigenvalue weighted by atomic mass is 9.92. The molecular formula is C16H19ClN2O4. The molecule has 0 aromatic heterocycles. The zero-order valence-corrected chi connectivity index (χ0v) is 14.2. The van der Waals surface area contributed by atoms with E-state index in [-0.39, 0.29) is 0 Å². The summed E-state index contributed by atoms with van der Waals surface area (Å²) in [6.07, 6.45) is 0. The van der Waals surface area contributed by atoms with Gasteiger partial charge in [-0.15, -0.1) is 0 Å². The largest absolute Gasteiger partial charge is 0.459 e. The molecule has 1 aromatic rings. The van der Waals surface area contributed by atoms with Gasteiger partial charge in [-0.05, 0) is 45.4 Å². The first kappa shape index (κ1) is 17.3. The van der Waals surface area contributed by atoms with Gasteiger partial charge in [0, 0.05) is 5.02 Å². The highest BCUT2D eigenvalue weighted by molar-refractivity contribution is 6.30. The quantitative estimate of drug-likeness (QED) is 0.678. The van der Waals surface area contributed by atoms with Crippen LogP contribution in [-0.2, 0) is 19.9 Å². The van der Waals surface area contributed by atoms with E-state index in [2.05, 4.69) is 5.32 Å². The summed E-state index contributed by atoms with van der Waals surface area (Å²) in [5.41, 5.74) is -1.33. The minimum absolute atomic E-state index is 0.425. The first-order chi connectivity index (χ1) is 10.5. The maximum atomic E-state index is 12.6. The van der Waals surface area contributed by atoms with Gasteiger partial charge in [0.25, 0.3) is 5.91 Å². The van der Waals surface area contributed by atoms with Gasteiger partial charge in [0.1, 0.15) is 17.7 Å². The van der Waals surface area contributed by atoms with Crippen LogP contribution >= 0.6 is 11.6 Å².